The maximum absolute atomic E-state index is 11.9. The quantitative estimate of drug-likeness (QED) is 0.400. The lowest BCUT2D eigenvalue weighted by Gasteiger charge is -2.15. The number of nitrogens with zero attached hydrogens (tertiary/aromatic N) is 2. The number of hydrogen-bond acceptors (Lipinski definition) is 6. The third-order valence-electron chi connectivity index (χ3n) is 3.81. The molecule has 2 aromatic rings. The fraction of sp³-hybridized carbons (Fsp3) is 0.222. The third kappa shape index (κ3) is 5.25. The van der Waals surface area contributed by atoms with Crippen LogP contribution in [0.25, 0.3) is 0 Å². The van der Waals surface area contributed by atoms with Crippen LogP contribution in [0.2, 0.25) is 0 Å². The van der Waals surface area contributed by atoms with E-state index >= 15 is 0 Å². The summed E-state index contributed by atoms with van der Waals surface area (Å²) in [5.41, 5.74) is 1.14. The Morgan fingerprint density at radius 3 is 2.33 bits per heavy atom. The standard InChI is InChI=1S/C18H20N4O5/c1-21(2)13-9-7-12(8-10-13)16(23)11-19-17(24)18(25)20-14-5-3-4-6-15(14)22(26)27/h3-10,16,23H,11H2,1-2H3,(H,19,24)(H,20,25). The van der Waals surface area contributed by atoms with Gasteiger partial charge in [-0.2, -0.15) is 0 Å². The second-order valence-electron chi connectivity index (χ2n) is 5.94. The molecule has 0 fully saturated rings. The molecule has 27 heavy (non-hydrogen) atoms. The van der Waals surface area contributed by atoms with E-state index in [1.165, 1.54) is 24.3 Å². The second kappa shape index (κ2) is 8.77. The number of carbonyl (C=O) groups excluding carboxylic acids is 2. The average molecular weight is 372 g/mol. The number of nitro benzene ring substituents is 1. The first-order valence-corrected chi connectivity index (χ1v) is 8.07. The zero-order chi connectivity index (χ0) is 20.0. The van der Waals surface area contributed by atoms with Gasteiger partial charge in [-0.25, -0.2) is 0 Å². The number of hydrogen-bond donors (Lipinski definition) is 3. The summed E-state index contributed by atoms with van der Waals surface area (Å²) in [6.45, 7) is -0.176. The minimum atomic E-state index is -1.06. The molecule has 0 saturated heterocycles. The van der Waals surface area contributed by atoms with Gasteiger partial charge in [-0.1, -0.05) is 24.3 Å². The van der Waals surface area contributed by atoms with Crippen LogP contribution in [0.4, 0.5) is 17.1 Å². The molecule has 0 radical (unpaired) electrons. The van der Waals surface area contributed by atoms with Gasteiger partial charge in [-0.05, 0) is 23.8 Å². The number of benzene rings is 2. The van der Waals surface area contributed by atoms with Gasteiger partial charge in [0.25, 0.3) is 5.69 Å². The number of aliphatic hydroxyl groups is 1. The molecule has 2 rings (SSSR count). The topological polar surface area (TPSA) is 125 Å². The van der Waals surface area contributed by atoms with Crippen molar-refractivity contribution >= 4 is 28.9 Å². The number of rotatable bonds is 6. The molecule has 0 spiro atoms. The fourth-order valence-electron chi connectivity index (χ4n) is 2.30. The zero-order valence-corrected chi connectivity index (χ0v) is 14.9. The molecule has 0 aliphatic rings. The summed E-state index contributed by atoms with van der Waals surface area (Å²) in [6, 6.07) is 12.6. The highest BCUT2D eigenvalue weighted by Crippen LogP contribution is 2.23. The van der Waals surface area contributed by atoms with E-state index in [0.717, 1.165) is 5.69 Å². The zero-order valence-electron chi connectivity index (χ0n) is 14.9. The largest absolute Gasteiger partial charge is 0.387 e. The minimum Gasteiger partial charge on any atom is -0.387 e. The molecule has 9 heteroatoms. The highest BCUT2D eigenvalue weighted by Gasteiger charge is 2.20. The molecule has 1 atom stereocenters. The summed E-state index contributed by atoms with van der Waals surface area (Å²) in [7, 11) is 3.78. The fourth-order valence-corrected chi connectivity index (χ4v) is 2.30. The molecule has 0 aliphatic heterocycles. The predicted molar refractivity (Wildman–Crippen MR) is 100 cm³/mol. The van der Waals surface area contributed by atoms with E-state index < -0.39 is 22.8 Å². The number of nitro groups is 1. The molecular formula is C18H20N4O5. The summed E-state index contributed by atoms with van der Waals surface area (Å²) in [4.78, 5) is 36.0. The van der Waals surface area contributed by atoms with Gasteiger partial charge in [0, 0.05) is 32.4 Å². The summed E-state index contributed by atoms with van der Waals surface area (Å²) >= 11 is 0. The smallest absolute Gasteiger partial charge is 0.313 e. The van der Waals surface area contributed by atoms with Crippen molar-refractivity contribution in [3.63, 3.8) is 0 Å². The summed E-state index contributed by atoms with van der Waals surface area (Å²) in [5, 5.41) is 25.6. The molecule has 0 saturated carbocycles. The molecule has 1 unspecified atom stereocenters. The van der Waals surface area contributed by atoms with Gasteiger partial charge >= 0.3 is 11.8 Å². The molecule has 3 N–H and O–H groups in total. The van der Waals surface area contributed by atoms with Crippen molar-refractivity contribution in [1.82, 2.24) is 5.32 Å². The Morgan fingerprint density at radius 1 is 1.11 bits per heavy atom. The van der Waals surface area contributed by atoms with Crippen LogP contribution >= 0.6 is 0 Å². The third-order valence-corrected chi connectivity index (χ3v) is 3.81. The first-order valence-electron chi connectivity index (χ1n) is 8.07. The van der Waals surface area contributed by atoms with E-state index in [-0.39, 0.29) is 17.9 Å². The van der Waals surface area contributed by atoms with Gasteiger partial charge in [0.2, 0.25) is 0 Å². The molecule has 2 amide bonds. The number of amides is 2. The molecule has 0 aliphatic carbocycles. The SMILES string of the molecule is CN(C)c1ccc(C(O)CNC(=O)C(=O)Nc2ccccc2[N+](=O)[O-])cc1. The van der Waals surface area contributed by atoms with Gasteiger partial charge in [0.1, 0.15) is 5.69 Å². The lowest BCUT2D eigenvalue weighted by molar-refractivity contribution is -0.383. The van der Waals surface area contributed by atoms with Crippen LogP contribution in [0.15, 0.2) is 48.5 Å². The van der Waals surface area contributed by atoms with Crippen molar-refractivity contribution in [2.75, 3.05) is 30.9 Å². The summed E-state index contributed by atoms with van der Waals surface area (Å²) < 4.78 is 0. The number of para-hydroxylation sites is 2. The Hall–Kier alpha value is -3.46. The van der Waals surface area contributed by atoms with E-state index in [9.17, 15) is 24.8 Å². The first kappa shape index (κ1) is 19.9. The van der Waals surface area contributed by atoms with Crippen molar-refractivity contribution in [2.45, 2.75) is 6.10 Å². The first-order chi connectivity index (χ1) is 12.8. The van der Waals surface area contributed by atoms with Gasteiger partial charge in [-0.3, -0.25) is 19.7 Å². The van der Waals surface area contributed by atoms with Crippen LogP contribution in [0.1, 0.15) is 11.7 Å². The van der Waals surface area contributed by atoms with Crippen LogP contribution in [-0.4, -0.2) is 42.5 Å². The second-order valence-corrected chi connectivity index (χ2v) is 5.94. The van der Waals surface area contributed by atoms with Gasteiger partial charge < -0.3 is 20.6 Å². The van der Waals surface area contributed by atoms with Crippen molar-refractivity contribution in [1.29, 1.82) is 0 Å². The van der Waals surface area contributed by atoms with E-state index in [2.05, 4.69) is 10.6 Å². The Bertz CT molecular complexity index is 836. The lowest BCUT2D eigenvalue weighted by atomic mass is 10.1. The maximum atomic E-state index is 11.9. The van der Waals surface area contributed by atoms with Gasteiger partial charge in [-0.15, -0.1) is 0 Å². The monoisotopic (exact) mass is 372 g/mol. The van der Waals surface area contributed by atoms with Crippen LogP contribution < -0.4 is 15.5 Å². The van der Waals surface area contributed by atoms with Crippen LogP contribution in [0, 0.1) is 10.1 Å². The lowest BCUT2D eigenvalue weighted by Crippen LogP contribution is -2.37. The minimum absolute atomic E-state index is 0.0810. The van der Waals surface area contributed by atoms with Crippen LogP contribution in [-0.2, 0) is 9.59 Å². The number of carbonyl (C=O) groups is 2. The Morgan fingerprint density at radius 2 is 1.74 bits per heavy atom. The highest BCUT2D eigenvalue weighted by molar-refractivity contribution is 6.39. The van der Waals surface area contributed by atoms with E-state index in [1.807, 2.05) is 31.1 Å². The van der Waals surface area contributed by atoms with Crippen molar-refractivity contribution in [3.8, 4) is 0 Å². The van der Waals surface area contributed by atoms with Crippen molar-refractivity contribution in [3.05, 3.63) is 64.2 Å². The Balaban J connectivity index is 1.93. The summed E-state index contributed by atoms with van der Waals surface area (Å²) in [6.07, 6.45) is -0.996. The maximum Gasteiger partial charge on any atom is 0.313 e. The molecule has 142 valence electrons. The molecule has 0 heterocycles. The highest BCUT2D eigenvalue weighted by atomic mass is 16.6. The van der Waals surface area contributed by atoms with Gasteiger partial charge in [0.05, 0.1) is 11.0 Å². The van der Waals surface area contributed by atoms with E-state index in [0.29, 0.717) is 5.56 Å². The van der Waals surface area contributed by atoms with Crippen molar-refractivity contribution < 1.29 is 19.6 Å². The van der Waals surface area contributed by atoms with E-state index in [1.54, 1.807) is 12.1 Å². The number of anilines is 2. The van der Waals surface area contributed by atoms with Crippen LogP contribution in [0.3, 0.4) is 0 Å². The molecule has 2 aromatic carbocycles. The number of aliphatic hydroxyl groups excluding tert-OH is 1. The van der Waals surface area contributed by atoms with Gasteiger partial charge in [0.15, 0.2) is 0 Å². The van der Waals surface area contributed by atoms with Crippen molar-refractivity contribution in [2.24, 2.45) is 0 Å². The van der Waals surface area contributed by atoms with E-state index in [4.69, 9.17) is 0 Å². The predicted octanol–water partition coefficient (Wildman–Crippen LogP) is 1.45. The average Bonchev–Trinajstić information content (AvgIpc) is 2.66. The molecule has 9 nitrogen and oxygen atoms in total. The summed E-state index contributed by atoms with van der Waals surface area (Å²) in [5.74, 6) is -2.06. The Labute approximate surface area is 155 Å². The number of nitrogens with one attached hydrogen (secondary N) is 2. The molecular weight excluding hydrogens is 352 g/mol. The molecule has 0 aromatic heterocycles. The molecule has 0 bridgehead atoms. The van der Waals surface area contributed by atoms with Crippen LogP contribution in [0.5, 0.6) is 0 Å². The normalized spacial score (nSPS) is 11.4. The Kier molecular flexibility index (Phi) is 6.45.